The van der Waals surface area contributed by atoms with Gasteiger partial charge in [-0.2, -0.15) is 0 Å². The van der Waals surface area contributed by atoms with E-state index in [-0.39, 0.29) is 5.78 Å². The minimum absolute atomic E-state index is 0.0325. The molecule has 0 aliphatic rings. The summed E-state index contributed by atoms with van der Waals surface area (Å²) in [6.45, 7) is 0. The van der Waals surface area contributed by atoms with Crippen molar-refractivity contribution >= 4 is 5.78 Å². The Hall–Kier alpha value is -2.74. The zero-order valence-corrected chi connectivity index (χ0v) is 10.9. The summed E-state index contributed by atoms with van der Waals surface area (Å²) in [5, 5.41) is 0. The Morgan fingerprint density at radius 2 is 1.55 bits per heavy atom. The van der Waals surface area contributed by atoms with Crippen LogP contribution in [0.5, 0.6) is 0 Å². The van der Waals surface area contributed by atoms with Crippen LogP contribution in [0.25, 0.3) is 11.1 Å². The molecule has 0 amide bonds. The highest BCUT2D eigenvalue weighted by molar-refractivity contribution is 6.12. The first-order valence-electron chi connectivity index (χ1n) is 6.45. The number of hydrogen-bond acceptors (Lipinski definition) is 2. The molecule has 0 bridgehead atoms. The summed E-state index contributed by atoms with van der Waals surface area (Å²) in [5.41, 5.74) is 3.26. The van der Waals surface area contributed by atoms with Gasteiger partial charge in [0.2, 0.25) is 0 Å². The molecule has 0 fully saturated rings. The molecule has 2 aromatic carbocycles. The van der Waals surface area contributed by atoms with Crippen molar-refractivity contribution in [3.63, 3.8) is 0 Å². The molecule has 1 heterocycles. The number of benzene rings is 2. The van der Waals surface area contributed by atoms with Gasteiger partial charge >= 0.3 is 0 Å². The topological polar surface area (TPSA) is 30.0 Å². The average molecular weight is 259 g/mol. The number of nitrogens with zero attached hydrogens (tertiary/aromatic N) is 1. The van der Waals surface area contributed by atoms with Crippen molar-refractivity contribution in [3.05, 3.63) is 90.3 Å². The number of carbonyl (C=O) groups is 1. The molecule has 3 rings (SSSR count). The molecule has 0 atom stereocenters. The van der Waals surface area contributed by atoms with Gasteiger partial charge in [-0.05, 0) is 11.6 Å². The lowest BCUT2D eigenvalue weighted by Crippen LogP contribution is -2.03. The fourth-order valence-electron chi connectivity index (χ4n) is 2.20. The van der Waals surface area contributed by atoms with Gasteiger partial charge in [0.15, 0.2) is 5.78 Å². The first kappa shape index (κ1) is 12.3. The van der Waals surface area contributed by atoms with E-state index < -0.39 is 0 Å². The number of pyridine rings is 1. The Bertz CT molecular complexity index is 721. The summed E-state index contributed by atoms with van der Waals surface area (Å²) in [5.74, 6) is 0.0325. The molecule has 0 spiro atoms. The molecule has 0 saturated heterocycles. The zero-order valence-electron chi connectivity index (χ0n) is 10.9. The Labute approximate surface area is 117 Å². The van der Waals surface area contributed by atoms with Crippen LogP contribution >= 0.6 is 0 Å². The lowest BCUT2D eigenvalue weighted by Gasteiger charge is -2.08. The third kappa shape index (κ3) is 2.36. The number of rotatable bonds is 3. The molecular weight excluding hydrogens is 246 g/mol. The minimum Gasteiger partial charge on any atom is -0.289 e. The van der Waals surface area contributed by atoms with Gasteiger partial charge in [-0.1, -0.05) is 60.7 Å². The van der Waals surface area contributed by atoms with Gasteiger partial charge < -0.3 is 0 Å². The normalized spacial score (nSPS) is 10.2. The second-order valence-electron chi connectivity index (χ2n) is 4.48. The van der Waals surface area contributed by atoms with Crippen molar-refractivity contribution in [1.29, 1.82) is 0 Å². The number of ketones is 1. The van der Waals surface area contributed by atoms with Crippen molar-refractivity contribution in [2.75, 3.05) is 0 Å². The monoisotopic (exact) mass is 259 g/mol. The highest BCUT2D eigenvalue weighted by atomic mass is 16.1. The van der Waals surface area contributed by atoms with Crippen LogP contribution in [-0.4, -0.2) is 10.8 Å². The average Bonchev–Trinajstić information content (AvgIpc) is 2.56. The molecular formula is C18H13NO. The van der Waals surface area contributed by atoms with Crippen molar-refractivity contribution in [3.8, 4) is 11.1 Å². The molecule has 2 nitrogen and oxygen atoms in total. The van der Waals surface area contributed by atoms with Gasteiger partial charge in [0, 0.05) is 29.1 Å². The second kappa shape index (κ2) is 5.49. The Morgan fingerprint density at radius 3 is 2.30 bits per heavy atom. The van der Waals surface area contributed by atoms with Crippen LogP contribution in [0, 0.1) is 0 Å². The predicted octanol–water partition coefficient (Wildman–Crippen LogP) is 3.98. The summed E-state index contributed by atoms with van der Waals surface area (Å²) in [4.78, 5) is 16.7. The van der Waals surface area contributed by atoms with Gasteiger partial charge in [0.05, 0.1) is 0 Å². The van der Waals surface area contributed by atoms with E-state index in [1.807, 2.05) is 66.7 Å². The van der Waals surface area contributed by atoms with Crippen LogP contribution in [0.4, 0.5) is 0 Å². The van der Waals surface area contributed by atoms with Crippen LogP contribution in [0.1, 0.15) is 15.9 Å². The molecule has 3 aromatic rings. The summed E-state index contributed by atoms with van der Waals surface area (Å²) in [6.07, 6.45) is 3.50. The molecule has 0 aliphatic carbocycles. The van der Waals surface area contributed by atoms with E-state index in [4.69, 9.17) is 0 Å². The van der Waals surface area contributed by atoms with E-state index in [0.717, 1.165) is 11.1 Å². The molecule has 20 heavy (non-hydrogen) atoms. The van der Waals surface area contributed by atoms with Gasteiger partial charge in [-0.3, -0.25) is 9.78 Å². The summed E-state index contributed by atoms with van der Waals surface area (Å²) < 4.78 is 0. The van der Waals surface area contributed by atoms with Crippen LogP contribution in [0.2, 0.25) is 0 Å². The lowest BCUT2D eigenvalue weighted by molar-refractivity contribution is 0.103. The zero-order chi connectivity index (χ0) is 13.8. The van der Waals surface area contributed by atoms with Gasteiger partial charge in [-0.15, -0.1) is 0 Å². The molecule has 96 valence electrons. The van der Waals surface area contributed by atoms with Crippen LogP contribution in [0.15, 0.2) is 79.1 Å². The van der Waals surface area contributed by atoms with Crippen molar-refractivity contribution < 1.29 is 4.79 Å². The number of hydrogen-bond donors (Lipinski definition) is 0. The fourth-order valence-corrected chi connectivity index (χ4v) is 2.20. The highest BCUT2D eigenvalue weighted by Gasteiger charge is 2.13. The highest BCUT2D eigenvalue weighted by Crippen LogP contribution is 2.24. The van der Waals surface area contributed by atoms with Gasteiger partial charge in [0.25, 0.3) is 0 Å². The Kier molecular flexibility index (Phi) is 3.38. The summed E-state index contributed by atoms with van der Waals surface area (Å²) >= 11 is 0. The Balaban J connectivity index is 2.10. The van der Waals surface area contributed by atoms with Gasteiger partial charge in [0.1, 0.15) is 0 Å². The largest absolute Gasteiger partial charge is 0.289 e. The summed E-state index contributed by atoms with van der Waals surface area (Å²) in [6, 6.07) is 20.8. The van der Waals surface area contributed by atoms with Crippen LogP contribution < -0.4 is 0 Å². The smallest absolute Gasteiger partial charge is 0.193 e. The SMILES string of the molecule is O=C(c1ccccc1)c1ccccc1-c1cccnc1. The number of carbonyl (C=O) groups excluding carboxylic acids is 1. The molecule has 0 radical (unpaired) electrons. The Morgan fingerprint density at radius 1 is 0.800 bits per heavy atom. The minimum atomic E-state index is 0.0325. The van der Waals surface area contributed by atoms with Crippen molar-refractivity contribution in [2.24, 2.45) is 0 Å². The molecule has 0 saturated carbocycles. The van der Waals surface area contributed by atoms with Crippen LogP contribution in [0.3, 0.4) is 0 Å². The molecule has 0 N–H and O–H groups in total. The maximum absolute atomic E-state index is 12.6. The standard InChI is InChI=1S/C18H13NO/c20-18(14-7-2-1-3-8-14)17-11-5-4-10-16(17)15-9-6-12-19-13-15/h1-13H. The second-order valence-corrected chi connectivity index (χ2v) is 4.48. The molecule has 1 aromatic heterocycles. The third-order valence-electron chi connectivity index (χ3n) is 3.18. The van der Waals surface area contributed by atoms with E-state index >= 15 is 0 Å². The molecule has 0 aliphatic heterocycles. The van der Waals surface area contributed by atoms with Gasteiger partial charge in [-0.25, -0.2) is 0 Å². The maximum atomic E-state index is 12.6. The van der Waals surface area contributed by atoms with Crippen molar-refractivity contribution in [2.45, 2.75) is 0 Å². The fraction of sp³-hybridized carbons (Fsp3) is 0. The first-order valence-corrected chi connectivity index (χ1v) is 6.45. The van der Waals surface area contributed by atoms with E-state index in [1.165, 1.54) is 0 Å². The lowest BCUT2D eigenvalue weighted by atomic mass is 9.95. The van der Waals surface area contributed by atoms with E-state index in [1.54, 1.807) is 12.4 Å². The van der Waals surface area contributed by atoms with E-state index in [2.05, 4.69) is 4.98 Å². The van der Waals surface area contributed by atoms with E-state index in [0.29, 0.717) is 11.1 Å². The van der Waals surface area contributed by atoms with Crippen molar-refractivity contribution in [1.82, 2.24) is 4.98 Å². The predicted molar refractivity (Wildman–Crippen MR) is 79.5 cm³/mol. The maximum Gasteiger partial charge on any atom is 0.193 e. The van der Waals surface area contributed by atoms with E-state index in [9.17, 15) is 4.79 Å². The van der Waals surface area contributed by atoms with Crippen LogP contribution in [-0.2, 0) is 0 Å². The molecule has 0 unspecified atom stereocenters. The number of aromatic nitrogens is 1. The third-order valence-corrected chi connectivity index (χ3v) is 3.18. The quantitative estimate of drug-likeness (QED) is 0.666. The summed E-state index contributed by atoms with van der Waals surface area (Å²) in [7, 11) is 0. The first-order chi connectivity index (χ1) is 9.86. The molecule has 2 heteroatoms.